The predicted molar refractivity (Wildman–Crippen MR) is 77.1 cm³/mol. The Labute approximate surface area is 115 Å². The lowest BCUT2D eigenvalue weighted by Crippen LogP contribution is -2.29. The predicted octanol–water partition coefficient (Wildman–Crippen LogP) is 1.72. The summed E-state index contributed by atoms with van der Waals surface area (Å²) >= 11 is 0. The van der Waals surface area contributed by atoms with Crippen molar-refractivity contribution in [2.45, 2.75) is 39.5 Å². The van der Waals surface area contributed by atoms with Crippen LogP contribution in [-0.2, 0) is 0 Å². The van der Waals surface area contributed by atoms with E-state index in [-0.39, 0.29) is 0 Å². The second-order valence-corrected chi connectivity index (χ2v) is 4.48. The Hall–Kier alpha value is -1.20. The Morgan fingerprint density at radius 2 is 1.53 bits per heavy atom. The summed E-state index contributed by atoms with van der Waals surface area (Å²) in [6.45, 7) is 5.44. The summed E-state index contributed by atoms with van der Waals surface area (Å²) in [6, 6.07) is 4.99. The van der Waals surface area contributed by atoms with Crippen molar-refractivity contribution in [1.29, 1.82) is 0 Å². The lowest BCUT2D eigenvalue weighted by Gasteiger charge is -2.14. The summed E-state index contributed by atoms with van der Waals surface area (Å²) in [5.41, 5.74) is 0.411. The van der Waals surface area contributed by atoms with Crippen molar-refractivity contribution in [2.75, 3.05) is 13.2 Å². The van der Waals surface area contributed by atoms with E-state index in [2.05, 4.69) is 13.8 Å². The molecule has 2 N–H and O–H groups in total. The summed E-state index contributed by atoms with van der Waals surface area (Å²) in [5, 5.41) is 18.4. The maximum Gasteiger partial charge on any atom is 0.488 e. The monoisotopic (exact) mass is 266 g/mol. The third-order valence-electron chi connectivity index (χ3n) is 2.78. The molecular weight excluding hydrogens is 243 g/mol. The molecule has 0 unspecified atom stereocenters. The maximum atomic E-state index is 9.18. The molecule has 1 aromatic rings. The lowest BCUT2D eigenvalue weighted by molar-refractivity contribution is 0.262. The van der Waals surface area contributed by atoms with Crippen LogP contribution < -0.4 is 14.9 Å². The van der Waals surface area contributed by atoms with Crippen molar-refractivity contribution in [3.05, 3.63) is 18.2 Å². The van der Waals surface area contributed by atoms with E-state index in [1.54, 1.807) is 18.2 Å². The summed E-state index contributed by atoms with van der Waals surface area (Å²) in [5.74, 6) is 1.24. The molecule has 0 radical (unpaired) electrons. The van der Waals surface area contributed by atoms with Gasteiger partial charge in [0.2, 0.25) is 0 Å². The second-order valence-electron chi connectivity index (χ2n) is 4.48. The minimum atomic E-state index is -1.49. The van der Waals surface area contributed by atoms with Crippen LogP contribution in [0, 0.1) is 0 Å². The minimum absolute atomic E-state index is 0.411. The standard InChI is InChI=1S/C14H23BO4/c1-3-5-9-18-13-8-7-12(15(16)17)11-14(13)19-10-6-4-2/h7-8,11,16-17H,3-6,9-10H2,1-2H3. The molecule has 0 aliphatic rings. The molecule has 0 amide bonds. The fourth-order valence-corrected chi connectivity index (χ4v) is 1.57. The average Bonchev–Trinajstić information content (AvgIpc) is 2.40. The first-order valence-electron chi connectivity index (χ1n) is 6.94. The Morgan fingerprint density at radius 3 is 2.05 bits per heavy atom. The van der Waals surface area contributed by atoms with Gasteiger partial charge in [-0.05, 0) is 30.4 Å². The second kappa shape index (κ2) is 8.83. The van der Waals surface area contributed by atoms with Gasteiger partial charge in [0, 0.05) is 0 Å². The van der Waals surface area contributed by atoms with Crippen LogP contribution in [0.25, 0.3) is 0 Å². The van der Waals surface area contributed by atoms with Crippen LogP contribution in [0.1, 0.15) is 39.5 Å². The maximum absolute atomic E-state index is 9.18. The van der Waals surface area contributed by atoms with E-state index in [4.69, 9.17) is 9.47 Å². The summed E-state index contributed by atoms with van der Waals surface area (Å²) < 4.78 is 11.3. The fourth-order valence-electron chi connectivity index (χ4n) is 1.57. The first-order valence-corrected chi connectivity index (χ1v) is 6.94. The Kier molecular flexibility index (Phi) is 7.37. The van der Waals surface area contributed by atoms with Crippen molar-refractivity contribution >= 4 is 12.6 Å². The van der Waals surface area contributed by atoms with Crippen LogP contribution >= 0.6 is 0 Å². The summed E-state index contributed by atoms with van der Waals surface area (Å²) in [7, 11) is -1.49. The van der Waals surface area contributed by atoms with E-state index in [0.717, 1.165) is 25.7 Å². The number of ether oxygens (including phenoxy) is 2. The highest BCUT2D eigenvalue weighted by atomic mass is 16.5. The van der Waals surface area contributed by atoms with Crippen molar-refractivity contribution < 1.29 is 19.5 Å². The van der Waals surface area contributed by atoms with Gasteiger partial charge in [-0.3, -0.25) is 0 Å². The molecule has 1 aromatic carbocycles. The number of unbranched alkanes of at least 4 members (excludes halogenated alkanes) is 2. The normalized spacial score (nSPS) is 10.3. The SMILES string of the molecule is CCCCOc1ccc(B(O)O)cc1OCCCC. The van der Waals surface area contributed by atoms with E-state index in [0.29, 0.717) is 30.2 Å². The molecule has 5 heteroatoms. The van der Waals surface area contributed by atoms with Crippen molar-refractivity contribution in [2.24, 2.45) is 0 Å². The molecule has 1 rings (SSSR count). The van der Waals surface area contributed by atoms with Gasteiger partial charge >= 0.3 is 7.12 Å². The molecule has 106 valence electrons. The molecule has 0 aromatic heterocycles. The first-order chi connectivity index (χ1) is 9.19. The minimum Gasteiger partial charge on any atom is -0.490 e. The molecule has 0 saturated carbocycles. The van der Waals surface area contributed by atoms with Gasteiger partial charge in [0.15, 0.2) is 11.5 Å². The fraction of sp³-hybridized carbons (Fsp3) is 0.571. The molecule has 0 spiro atoms. The molecular formula is C14H23BO4. The van der Waals surface area contributed by atoms with Crippen molar-refractivity contribution in [3.8, 4) is 11.5 Å². The van der Waals surface area contributed by atoms with Crippen LogP contribution in [0.5, 0.6) is 11.5 Å². The van der Waals surface area contributed by atoms with Crippen LogP contribution in [0.3, 0.4) is 0 Å². The number of benzene rings is 1. The zero-order valence-corrected chi connectivity index (χ0v) is 11.8. The van der Waals surface area contributed by atoms with E-state index < -0.39 is 7.12 Å². The lowest BCUT2D eigenvalue weighted by atomic mass is 9.80. The molecule has 0 fully saturated rings. The van der Waals surface area contributed by atoms with Gasteiger partial charge in [0.05, 0.1) is 13.2 Å². The van der Waals surface area contributed by atoms with Gasteiger partial charge in [0.1, 0.15) is 0 Å². The zero-order chi connectivity index (χ0) is 14.1. The molecule has 0 atom stereocenters. The highest BCUT2D eigenvalue weighted by Crippen LogP contribution is 2.26. The Morgan fingerprint density at radius 1 is 0.947 bits per heavy atom. The van der Waals surface area contributed by atoms with Gasteiger partial charge < -0.3 is 19.5 Å². The molecule has 0 heterocycles. The van der Waals surface area contributed by atoms with Crippen LogP contribution in [0.15, 0.2) is 18.2 Å². The van der Waals surface area contributed by atoms with Gasteiger partial charge in [-0.1, -0.05) is 32.8 Å². The van der Waals surface area contributed by atoms with Crippen LogP contribution in [-0.4, -0.2) is 30.4 Å². The number of rotatable bonds is 9. The smallest absolute Gasteiger partial charge is 0.488 e. The molecule has 19 heavy (non-hydrogen) atoms. The third kappa shape index (κ3) is 5.53. The quantitative estimate of drug-likeness (QED) is 0.528. The van der Waals surface area contributed by atoms with Gasteiger partial charge in [0.25, 0.3) is 0 Å². The van der Waals surface area contributed by atoms with Crippen LogP contribution in [0.4, 0.5) is 0 Å². The van der Waals surface area contributed by atoms with Gasteiger partial charge in [-0.15, -0.1) is 0 Å². The highest BCUT2D eigenvalue weighted by Gasteiger charge is 2.15. The summed E-state index contributed by atoms with van der Waals surface area (Å²) in [4.78, 5) is 0. The van der Waals surface area contributed by atoms with Gasteiger partial charge in [-0.2, -0.15) is 0 Å². The summed E-state index contributed by atoms with van der Waals surface area (Å²) in [6.07, 6.45) is 4.06. The Bertz CT molecular complexity index is 368. The average molecular weight is 266 g/mol. The number of hydrogen-bond donors (Lipinski definition) is 2. The van der Waals surface area contributed by atoms with Crippen LogP contribution in [0.2, 0.25) is 0 Å². The molecule has 0 saturated heterocycles. The van der Waals surface area contributed by atoms with Crippen molar-refractivity contribution in [1.82, 2.24) is 0 Å². The molecule has 4 nitrogen and oxygen atoms in total. The largest absolute Gasteiger partial charge is 0.490 e. The third-order valence-corrected chi connectivity index (χ3v) is 2.78. The molecule has 0 bridgehead atoms. The van der Waals surface area contributed by atoms with Crippen molar-refractivity contribution in [3.63, 3.8) is 0 Å². The van der Waals surface area contributed by atoms with E-state index in [1.165, 1.54) is 0 Å². The number of hydrogen-bond acceptors (Lipinski definition) is 4. The van der Waals surface area contributed by atoms with E-state index in [9.17, 15) is 10.0 Å². The Balaban J connectivity index is 2.75. The molecule has 0 aliphatic carbocycles. The zero-order valence-electron chi connectivity index (χ0n) is 11.8. The van der Waals surface area contributed by atoms with E-state index in [1.807, 2.05) is 0 Å². The topological polar surface area (TPSA) is 58.9 Å². The van der Waals surface area contributed by atoms with Gasteiger partial charge in [-0.25, -0.2) is 0 Å². The first kappa shape index (κ1) is 15.9. The highest BCUT2D eigenvalue weighted by molar-refractivity contribution is 6.58. The van der Waals surface area contributed by atoms with E-state index >= 15 is 0 Å². The molecule has 0 aliphatic heterocycles.